The molecule has 7 heteroatoms. The van der Waals surface area contributed by atoms with E-state index in [9.17, 15) is 14.4 Å². The zero-order valence-corrected chi connectivity index (χ0v) is 18.6. The first-order valence-corrected chi connectivity index (χ1v) is 10.5. The Labute approximate surface area is 196 Å². The van der Waals surface area contributed by atoms with Crippen molar-refractivity contribution in [3.63, 3.8) is 0 Å². The van der Waals surface area contributed by atoms with Crippen LogP contribution < -0.4 is 10.6 Å². The molecule has 0 aromatic heterocycles. The van der Waals surface area contributed by atoms with Crippen LogP contribution in [0.4, 0.5) is 11.4 Å². The van der Waals surface area contributed by atoms with Crippen LogP contribution in [0.2, 0.25) is 0 Å². The Bertz CT molecular complexity index is 1360. The standard InChI is InChI=1S/C27H21N3O4/c1-16(31)20-9-12-23-22(14-20)25(27(33)30-23)26(19-7-3-18(15-28)4-8-19)29-21-10-5-17(6-11-21)13-24(32)34-2/h3-12,14,29H,13H2,1-2H3,(H,30,33). The van der Waals surface area contributed by atoms with Gasteiger partial charge in [0.1, 0.15) is 0 Å². The molecule has 2 N–H and O–H groups in total. The van der Waals surface area contributed by atoms with Gasteiger partial charge in [0.2, 0.25) is 0 Å². The van der Waals surface area contributed by atoms with Gasteiger partial charge in [0, 0.05) is 22.5 Å². The number of ether oxygens (including phenoxy) is 1. The van der Waals surface area contributed by atoms with Crippen molar-refractivity contribution in [1.82, 2.24) is 0 Å². The summed E-state index contributed by atoms with van der Waals surface area (Å²) >= 11 is 0. The van der Waals surface area contributed by atoms with Gasteiger partial charge in [-0.1, -0.05) is 24.3 Å². The average molecular weight is 451 g/mol. The van der Waals surface area contributed by atoms with Crippen LogP contribution in [-0.2, 0) is 20.7 Å². The molecular weight excluding hydrogens is 430 g/mol. The highest BCUT2D eigenvalue weighted by molar-refractivity contribution is 6.37. The number of benzene rings is 3. The third-order valence-electron chi connectivity index (χ3n) is 5.52. The molecule has 4 rings (SSSR count). The maximum absolute atomic E-state index is 13.1. The van der Waals surface area contributed by atoms with Gasteiger partial charge in [0.25, 0.3) is 5.91 Å². The lowest BCUT2D eigenvalue weighted by Gasteiger charge is -2.15. The Hall–Kier alpha value is -4.70. The van der Waals surface area contributed by atoms with Crippen molar-refractivity contribution in [2.45, 2.75) is 13.3 Å². The fourth-order valence-electron chi connectivity index (χ4n) is 3.71. The summed E-state index contributed by atoms with van der Waals surface area (Å²) in [5, 5.41) is 15.3. The number of hydrogen-bond acceptors (Lipinski definition) is 6. The maximum atomic E-state index is 13.1. The van der Waals surface area contributed by atoms with Gasteiger partial charge in [0.05, 0.1) is 36.4 Å². The normalized spacial score (nSPS) is 13.4. The number of fused-ring (bicyclic) bond motifs is 1. The van der Waals surface area contributed by atoms with E-state index in [2.05, 4.69) is 16.7 Å². The largest absolute Gasteiger partial charge is 0.469 e. The zero-order chi connectivity index (χ0) is 24.2. The van der Waals surface area contributed by atoms with Crippen LogP contribution in [0.5, 0.6) is 0 Å². The van der Waals surface area contributed by atoms with Crippen LogP contribution >= 0.6 is 0 Å². The zero-order valence-electron chi connectivity index (χ0n) is 18.6. The summed E-state index contributed by atoms with van der Waals surface area (Å²) in [6.45, 7) is 1.48. The summed E-state index contributed by atoms with van der Waals surface area (Å²) in [5.41, 5.74) is 5.34. The Morgan fingerprint density at radius 2 is 1.68 bits per heavy atom. The van der Waals surface area contributed by atoms with E-state index in [-0.39, 0.29) is 24.1 Å². The molecule has 3 aromatic carbocycles. The van der Waals surface area contributed by atoms with Crippen molar-refractivity contribution in [2.24, 2.45) is 0 Å². The molecule has 0 saturated heterocycles. The minimum absolute atomic E-state index is 0.101. The van der Waals surface area contributed by atoms with Gasteiger partial charge in [-0.05, 0) is 60.5 Å². The molecule has 0 aliphatic carbocycles. The van der Waals surface area contributed by atoms with Gasteiger partial charge in [-0.3, -0.25) is 14.4 Å². The third kappa shape index (κ3) is 4.57. The fourth-order valence-corrected chi connectivity index (χ4v) is 3.71. The summed E-state index contributed by atoms with van der Waals surface area (Å²) < 4.78 is 4.71. The van der Waals surface area contributed by atoms with Gasteiger partial charge >= 0.3 is 5.97 Å². The van der Waals surface area contributed by atoms with E-state index in [1.165, 1.54) is 14.0 Å². The van der Waals surface area contributed by atoms with E-state index in [0.29, 0.717) is 44.9 Å². The predicted octanol–water partition coefficient (Wildman–Crippen LogP) is 4.41. The molecule has 0 fully saturated rings. The number of nitrogens with zero attached hydrogens (tertiary/aromatic N) is 1. The van der Waals surface area contributed by atoms with Crippen LogP contribution in [0.25, 0.3) is 11.3 Å². The van der Waals surface area contributed by atoms with E-state index in [1.807, 2.05) is 12.1 Å². The molecule has 0 radical (unpaired) electrons. The van der Waals surface area contributed by atoms with Crippen molar-refractivity contribution in [3.05, 3.63) is 94.5 Å². The molecule has 1 aliphatic rings. The summed E-state index contributed by atoms with van der Waals surface area (Å²) in [6.07, 6.45) is 0.157. The lowest BCUT2D eigenvalue weighted by Crippen LogP contribution is -2.10. The van der Waals surface area contributed by atoms with Crippen LogP contribution in [0.15, 0.2) is 66.7 Å². The highest BCUT2D eigenvalue weighted by Crippen LogP contribution is 2.38. The second-order valence-corrected chi connectivity index (χ2v) is 7.78. The number of carbonyl (C=O) groups is 3. The van der Waals surface area contributed by atoms with E-state index in [0.717, 1.165) is 5.56 Å². The summed E-state index contributed by atoms with van der Waals surface area (Å²) in [4.78, 5) is 36.6. The topological polar surface area (TPSA) is 108 Å². The molecule has 7 nitrogen and oxygen atoms in total. The first-order valence-electron chi connectivity index (χ1n) is 10.5. The SMILES string of the molecule is COC(=O)Cc1ccc(NC(=C2C(=O)Nc3ccc(C(C)=O)cc32)c2ccc(C#N)cc2)cc1. The molecule has 0 unspecified atom stereocenters. The Balaban J connectivity index is 1.81. The molecule has 34 heavy (non-hydrogen) atoms. The van der Waals surface area contributed by atoms with Crippen LogP contribution in [-0.4, -0.2) is 24.8 Å². The van der Waals surface area contributed by atoms with E-state index in [4.69, 9.17) is 10.00 Å². The highest BCUT2D eigenvalue weighted by Gasteiger charge is 2.29. The minimum atomic E-state index is -0.332. The van der Waals surface area contributed by atoms with Crippen LogP contribution in [0.3, 0.4) is 0 Å². The highest BCUT2D eigenvalue weighted by atomic mass is 16.5. The number of Topliss-reactive ketones (excluding diaryl/α,β-unsaturated/α-hetero) is 1. The quantitative estimate of drug-likeness (QED) is 0.327. The van der Waals surface area contributed by atoms with E-state index < -0.39 is 0 Å². The number of hydrogen-bond donors (Lipinski definition) is 2. The van der Waals surface area contributed by atoms with E-state index in [1.54, 1.807) is 54.6 Å². The minimum Gasteiger partial charge on any atom is -0.469 e. The van der Waals surface area contributed by atoms with Crippen molar-refractivity contribution in [1.29, 1.82) is 5.26 Å². The van der Waals surface area contributed by atoms with Gasteiger partial charge in [-0.2, -0.15) is 5.26 Å². The average Bonchev–Trinajstić information content (AvgIpc) is 3.18. The van der Waals surface area contributed by atoms with Crippen LogP contribution in [0, 0.1) is 11.3 Å². The van der Waals surface area contributed by atoms with Gasteiger partial charge in [0.15, 0.2) is 5.78 Å². The Morgan fingerprint density at radius 1 is 1.00 bits per heavy atom. The van der Waals surface area contributed by atoms with Crippen molar-refractivity contribution in [2.75, 3.05) is 17.7 Å². The Kier molecular flexibility index (Phi) is 6.24. The molecule has 1 heterocycles. The molecule has 0 bridgehead atoms. The number of nitriles is 1. The summed E-state index contributed by atoms with van der Waals surface area (Å²) in [6, 6.07) is 21.3. The smallest absolute Gasteiger partial charge is 0.309 e. The molecule has 0 spiro atoms. The second-order valence-electron chi connectivity index (χ2n) is 7.78. The second kappa shape index (κ2) is 9.43. The lowest BCUT2D eigenvalue weighted by molar-refractivity contribution is -0.139. The molecule has 0 atom stereocenters. The third-order valence-corrected chi connectivity index (χ3v) is 5.52. The van der Waals surface area contributed by atoms with Gasteiger partial charge < -0.3 is 15.4 Å². The lowest BCUT2D eigenvalue weighted by atomic mass is 9.97. The number of ketones is 1. The summed E-state index contributed by atoms with van der Waals surface area (Å²) in [5.74, 6) is -0.734. The number of rotatable bonds is 6. The first-order chi connectivity index (χ1) is 16.4. The first kappa shape index (κ1) is 22.5. The molecule has 1 aliphatic heterocycles. The predicted molar refractivity (Wildman–Crippen MR) is 129 cm³/mol. The molecule has 168 valence electrons. The number of amides is 1. The summed E-state index contributed by atoms with van der Waals surface area (Å²) in [7, 11) is 1.34. The number of anilines is 2. The van der Waals surface area contributed by atoms with Crippen molar-refractivity contribution < 1.29 is 19.1 Å². The maximum Gasteiger partial charge on any atom is 0.309 e. The van der Waals surface area contributed by atoms with Gasteiger partial charge in [-0.15, -0.1) is 0 Å². The number of methoxy groups -OCH3 is 1. The van der Waals surface area contributed by atoms with Gasteiger partial charge in [-0.25, -0.2) is 0 Å². The van der Waals surface area contributed by atoms with E-state index >= 15 is 0 Å². The number of carbonyl (C=O) groups excluding carboxylic acids is 3. The molecule has 3 aromatic rings. The molecular formula is C27H21N3O4. The monoisotopic (exact) mass is 451 g/mol. The molecule has 0 saturated carbocycles. The van der Waals surface area contributed by atoms with Crippen LogP contribution in [0.1, 0.15) is 39.5 Å². The van der Waals surface area contributed by atoms with Crippen molar-refractivity contribution >= 4 is 40.3 Å². The number of nitrogens with one attached hydrogen (secondary N) is 2. The molecule has 1 amide bonds. The Morgan fingerprint density at radius 3 is 2.29 bits per heavy atom. The van der Waals surface area contributed by atoms with Crippen molar-refractivity contribution in [3.8, 4) is 6.07 Å². The number of esters is 1. The fraction of sp³-hybridized carbons (Fsp3) is 0.111.